The molecule has 0 spiro atoms. The quantitative estimate of drug-likeness (QED) is 0.209. The van der Waals surface area contributed by atoms with Gasteiger partial charge in [-0.1, -0.05) is 79.8 Å². The van der Waals surface area contributed by atoms with Crippen LogP contribution in [0.4, 0.5) is 11.5 Å². The molecule has 0 aliphatic heterocycles. The number of nitrogens with zero attached hydrogens (tertiary/aromatic N) is 3. The zero-order valence-corrected chi connectivity index (χ0v) is 24.8. The fourth-order valence-electron chi connectivity index (χ4n) is 4.06. The van der Waals surface area contributed by atoms with Gasteiger partial charge in [0.25, 0.3) is 0 Å². The van der Waals surface area contributed by atoms with Crippen molar-refractivity contribution in [1.82, 2.24) is 9.55 Å². The van der Waals surface area contributed by atoms with E-state index >= 15 is 0 Å². The molecule has 35 heavy (non-hydrogen) atoms. The van der Waals surface area contributed by atoms with E-state index in [0.29, 0.717) is 0 Å². The Labute approximate surface area is 231 Å². The predicted molar refractivity (Wildman–Crippen MR) is 152 cm³/mol. The molecule has 0 saturated heterocycles. The normalized spacial score (nSPS) is 9.51. The molecule has 0 bridgehead atoms. The molecule has 0 fully saturated rings. The second-order valence-corrected chi connectivity index (χ2v) is 7.66. The monoisotopic (exact) mass is 541 g/mol. The van der Waals surface area contributed by atoms with Crippen LogP contribution in [0.5, 0.6) is 0 Å². The molecule has 180 valence electrons. The number of hydrogen-bond acceptors (Lipinski definition) is 1. The third-order valence-corrected chi connectivity index (χ3v) is 5.39. The molecule has 0 radical (unpaired) electrons. The molecular formula is C31H37N3Zr. The number of benzene rings is 3. The zero-order chi connectivity index (χ0) is 22.0. The summed E-state index contributed by atoms with van der Waals surface area (Å²) >= 11 is 0. The molecule has 0 amide bonds. The molecule has 0 aliphatic carbocycles. The smallest absolute Gasteiger partial charge is 0.436 e. The second kappa shape index (κ2) is 14.0. The standard InChI is InChI=1S/C26H22N3.C2H6.3CH3.Zr/c1-17-14-18(2)25(19(3)15-17)27-24-11-9-21-12-13-29(26(21)28-24)23-10-8-20-6-4-5-7-22(20)16-23;1-2;;;;/h4-16H,1-3H3;1-2H3;3*1H3;/q-1;;3*-1;+4. The number of aromatic nitrogens is 2. The van der Waals surface area contributed by atoms with Crippen LogP contribution in [0.2, 0.25) is 0 Å². The van der Waals surface area contributed by atoms with Gasteiger partial charge in [-0.3, -0.25) is 0 Å². The fraction of sp³-hybridized carbons (Fsp3) is 0.161. The minimum Gasteiger partial charge on any atom is -0.436 e. The van der Waals surface area contributed by atoms with Crippen molar-refractivity contribution >= 4 is 33.3 Å². The second-order valence-electron chi connectivity index (χ2n) is 7.66. The van der Waals surface area contributed by atoms with Gasteiger partial charge in [0, 0.05) is 17.5 Å². The molecule has 0 N–H and O–H groups in total. The van der Waals surface area contributed by atoms with E-state index in [2.05, 4.69) is 98.3 Å². The maximum Gasteiger partial charge on any atom is 4.00 e. The van der Waals surface area contributed by atoms with Gasteiger partial charge in [-0.25, -0.2) is 0 Å². The van der Waals surface area contributed by atoms with Gasteiger partial charge >= 0.3 is 26.2 Å². The largest absolute Gasteiger partial charge is 4.00 e. The van der Waals surface area contributed by atoms with E-state index in [9.17, 15) is 0 Å². The van der Waals surface area contributed by atoms with Gasteiger partial charge in [0.1, 0.15) is 0 Å². The van der Waals surface area contributed by atoms with Gasteiger partial charge in [-0.15, -0.1) is 0 Å². The Bertz CT molecular complexity index is 1350. The van der Waals surface area contributed by atoms with Crippen LogP contribution < -0.4 is 0 Å². The van der Waals surface area contributed by atoms with Crippen LogP contribution in [-0.4, -0.2) is 9.55 Å². The Balaban J connectivity index is 0.00000188. The van der Waals surface area contributed by atoms with Crippen molar-refractivity contribution in [1.29, 1.82) is 0 Å². The maximum atomic E-state index is 4.89. The summed E-state index contributed by atoms with van der Waals surface area (Å²) in [6.07, 6.45) is 2.08. The van der Waals surface area contributed by atoms with Gasteiger partial charge in [-0.2, -0.15) is 0 Å². The van der Waals surface area contributed by atoms with Gasteiger partial charge < -0.3 is 37.1 Å². The van der Waals surface area contributed by atoms with Crippen LogP contribution in [0.25, 0.3) is 32.8 Å². The Hall–Kier alpha value is -2.71. The van der Waals surface area contributed by atoms with Crippen LogP contribution in [0.1, 0.15) is 30.5 Å². The molecule has 0 aliphatic rings. The number of pyridine rings is 1. The van der Waals surface area contributed by atoms with Crippen molar-refractivity contribution in [3.05, 3.63) is 123 Å². The SMILES string of the molecule is CC.Cc1cc(C)c([N-]c2ccc3ccn(-c4ccc5ccccc5c4)c3n2)c(C)c1.[CH3-].[CH3-].[CH3-].[Zr+4]. The first kappa shape index (κ1) is 32.3. The minimum atomic E-state index is 0. The molecule has 5 rings (SSSR count). The molecular weight excluding hydrogens is 506 g/mol. The number of rotatable bonds is 3. The van der Waals surface area contributed by atoms with E-state index in [1.54, 1.807) is 0 Å². The molecule has 2 aromatic heterocycles. The molecule has 3 aromatic carbocycles. The van der Waals surface area contributed by atoms with Crippen LogP contribution in [-0.2, 0) is 26.2 Å². The summed E-state index contributed by atoms with van der Waals surface area (Å²) in [6.45, 7) is 10.3. The molecule has 0 atom stereocenters. The van der Waals surface area contributed by atoms with E-state index in [0.717, 1.165) is 28.2 Å². The summed E-state index contributed by atoms with van der Waals surface area (Å²) in [5, 5.41) is 8.44. The van der Waals surface area contributed by atoms with E-state index in [4.69, 9.17) is 10.3 Å². The number of fused-ring (bicyclic) bond motifs is 2. The molecule has 0 saturated carbocycles. The first-order valence-electron chi connectivity index (χ1n) is 10.9. The minimum absolute atomic E-state index is 0. The van der Waals surface area contributed by atoms with Crippen molar-refractivity contribution < 1.29 is 26.2 Å². The van der Waals surface area contributed by atoms with Crippen LogP contribution in [0, 0.1) is 43.1 Å². The van der Waals surface area contributed by atoms with E-state index in [1.807, 2.05) is 19.9 Å². The number of hydrogen-bond donors (Lipinski definition) is 0. The van der Waals surface area contributed by atoms with Crippen molar-refractivity contribution in [2.75, 3.05) is 0 Å². The van der Waals surface area contributed by atoms with Crippen LogP contribution in [0.3, 0.4) is 0 Å². The Morgan fingerprint density at radius 2 is 1.29 bits per heavy atom. The Morgan fingerprint density at radius 3 is 1.94 bits per heavy atom. The van der Waals surface area contributed by atoms with Gasteiger partial charge in [0.15, 0.2) is 0 Å². The summed E-state index contributed by atoms with van der Waals surface area (Å²) in [7, 11) is 0. The first-order valence-corrected chi connectivity index (χ1v) is 10.9. The van der Waals surface area contributed by atoms with Gasteiger partial charge in [0.05, 0.1) is 0 Å². The topological polar surface area (TPSA) is 31.9 Å². The van der Waals surface area contributed by atoms with Crippen molar-refractivity contribution in [2.24, 2.45) is 0 Å². The maximum absolute atomic E-state index is 4.89. The number of aryl methyl sites for hydroxylation is 3. The van der Waals surface area contributed by atoms with Crippen molar-refractivity contribution in [3.8, 4) is 5.69 Å². The molecule has 3 nitrogen and oxygen atoms in total. The van der Waals surface area contributed by atoms with Gasteiger partial charge in [-0.05, 0) is 71.9 Å². The van der Waals surface area contributed by atoms with E-state index in [1.165, 1.54) is 27.5 Å². The van der Waals surface area contributed by atoms with Gasteiger partial charge in [0.2, 0.25) is 0 Å². The summed E-state index contributed by atoms with van der Waals surface area (Å²) in [4.78, 5) is 4.89. The average Bonchev–Trinajstić information content (AvgIpc) is 3.20. The summed E-state index contributed by atoms with van der Waals surface area (Å²) in [5.74, 6) is 0.730. The van der Waals surface area contributed by atoms with Crippen molar-refractivity contribution in [3.63, 3.8) is 0 Å². The molecule has 5 aromatic rings. The average molecular weight is 543 g/mol. The molecule has 0 unspecified atom stereocenters. The summed E-state index contributed by atoms with van der Waals surface area (Å²) in [6, 6.07) is 25.4. The van der Waals surface area contributed by atoms with E-state index < -0.39 is 0 Å². The molecule has 2 heterocycles. The summed E-state index contributed by atoms with van der Waals surface area (Å²) in [5.41, 5.74) is 6.64. The summed E-state index contributed by atoms with van der Waals surface area (Å²) < 4.78 is 2.13. The Kier molecular flexibility index (Phi) is 12.9. The van der Waals surface area contributed by atoms with Crippen molar-refractivity contribution in [2.45, 2.75) is 34.6 Å². The third-order valence-electron chi connectivity index (χ3n) is 5.39. The van der Waals surface area contributed by atoms with Crippen LogP contribution in [0.15, 0.2) is 79.0 Å². The zero-order valence-electron chi connectivity index (χ0n) is 22.3. The van der Waals surface area contributed by atoms with Crippen LogP contribution >= 0.6 is 0 Å². The van der Waals surface area contributed by atoms with E-state index in [-0.39, 0.29) is 48.5 Å². The predicted octanol–water partition coefficient (Wildman–Crippen LogP) is 9.82. The third kappa shape index (κ3) is 6.70. The molecule has 4 heteroatoms. The fourth-order valence-corrected chi connectivity index (χ4v) is 4.06. The first-order chi connectivity index (χ1) is 15.1. The Morgan fingerprint density at radius 1 is 0.686 bits per heavy atom.